The molecule has 1 N–H and O–H groups in total. The van der Waals surface area contributed by atoms with Crippen molar-refractivity contribution in [2.45, 2.75) is 37.3 Å². The molecule has 0 spiro atoms. The fraction of sp³-hybridized carbons (Fsp3) is 0.226. The number of carbonyl (C=O) groups excluding carboxylic acids is 1. The van der Waals surface area contributed by atoms with Gasteiger partial charge in [0, 0.05) is 27.7 Å². The van der Waals surface area contributed by atoms with Gasteiger partial charge in [0.2, 0.25) is 10.0 Å². The monoisotopic (exact) mass is 611 g/mol. The molecule has 41 heavy (non-hydrogen) atoms. The first-order valence-corrected chi connectivity index (χ1v) is 15.1. The molecule has 0 saturated carbocycles. The molecule has 5 rings (SSSR count). The molecule has 0 bridgehead atoms. The van der Waals surface area contributed by atoms with Crippen LogP contribution in [-0.4, -0.2) is 42.2 Å². The third-order valence-electron chi connectivity index (χ3n) is 7.65. The minimum absolute atomic E-state index is 0.0565. The van der Waals surface area contributed by atoms with E-state index in [1.165, 1.54) is 24.3 Å². The molecule has 1 fully saturated rings. The maximum Gasteiger partial charge on any atom is 0.323 e. The van der Waals surface area contributed by atoms with Gasteiger partial charge in [-0.1, -0.05) is 71.2 Å². The molecular formula is C31H27Cl2NO6S. The Hall–Kier alpha value is -3.43. The zero-order valence-corrected chi connectivity index (χ0v) is 24.4. The number of ketones is 1. The van der Waals surface area contributed by atoms with Gasteiger partial charge >= 0.3 is 5.97 Å². The molecule has 3 aromatic carbocycles. The normalized spacial score (nSPS) is 22.2. The third-order valence-corrected chi connectivity index (χ3v) is 10.1. The second kappa shape index (κ2) is 11.4. The van der Waals surface area contributed by atoms with Crippen molar-refractivity contribution in [1.82, 2.24) is 4.31 Å². The Kier molecular flexibility index (Phi) is 8.12. The van der Waals surface area contributed by atoms with Crippen LogP contribution >= 0.6 is 23.2 Å². The van der Waals surface area contributed by atoms with E-state index in [2.05, 4.69) is 0 Å². The minimum atomic E-state index is -4.28. The topological polar surface area (TPSA) is 101 Å². The number of hydrogen-bond acceptors (Lipinski definition) is 5. The summed E-state index contributed by atoms with van der Waals surface area (Å²) in [5.41, 5.74) is 1.06. The lowest BCUT2D eigenvalue weighted by Gasteiger charge is -2.47. The van der Waals surface area contributed by atoms with Crippen LogP contribution < -0.4 is 4.74 Å². The van der Waals surface area contributed by atoms with Crippen molar-refractivity contribution in [3.8, 4) is 5.75 Å². The summed E-state index contributed by atoms with van der Waals surface area (Å²) in [6, 6.07) is 18.4. The van der Waals surface area contributed by atoms with Crippen LogP contribution in [0.1, 0.15) is 30.9 Å². The van der Waals surface area contributed by atoms with Gasteiger partial charge in [0.25, 0.3) is 0 Å². The van der Waals surface area contributed by atoms with Gasteiger partial charge in [-0.3, -0.25) is 9.59 Å². The highest BCUT2D eigenvalue weighted by molar-refractivity contribution is 7.89. The highest BCUT2D eigenvalue weighted by atomic mass is 35.5. The van der Waals surface area contributed by atoms with Crippen molar-refractivity contribution in [1.29, 1.82) is 0 Å². The number of ether oxygens (including phenoxy) is 1. The number of halogens is 2. The Bertz CT molecular complexity index is 1670. The van der Waals surface area contributed by atoms with Crippen LogP contribution in [-0.2, 0) is 26.2 Å². The summed E-state index contributed by atoms with van der Waals surface area (Å²) in [4.78, 5) is 26.5. The lowest BCUT2D eigenvalue weighted by atomic mass is 9.63. The summed E-state index contributed by atoms with van der Waals surface area (Å²) in [7, 11) is -4.28. The molecule has 0 amide bonds. The quantitative estimate of drug-likeness (QED) is 0.245. The summed E-state index contributed by atoms with van der Waals surface area (Å²) in [5, 5.41) is 11.3. The number of fused-ring (bicyclic) bond motifs is 1. The average Bonchev–Trinajstić information content (AvgIpc) is 2.94. The number of hydrogen-bond donors (Lipinski definition) is 1. The van der Waals surface area contributed by atoms with Crippen LogP contribution in [0.3, 0.4) is 0 Å². The molecule has 212 valence electrons. The van der Waals surface area contributed by atoms with Crippen molar-refractivity contribution in [3.05, 3.63) is 111 Å². The zero-order valence-electron chi connectivity index (χ0n) is 22.1. The molecule has 2 unspecified atom stereocenters. The number of rotatable bonds is 7. The lowest BCUT2D eigenvalue weighted by Crippen LogP contribution is -2.61. The van der Waals surface area contributed by atoms with E-state index >= 15 is 0 Å². The van der Waals surface area contributed by atoms with Crippen molar-refractivity contribution >= 4 is 51.1 Å². The van der Waals surface area contributed by atoms with Gasteiger partial charge in [-0.2, -0.15) is 4.31 Å². The summed E-state index contributed by atoms with van der Waals surface area (Å²) >= 11 is 12.1. The summed E-state index contributed by atoms with van der Waals surface area (Å²) in [6.45, 7) is 1.63. The standard InChI is InChI=1S/C31H27Cl2NO6S/c1-31-23(9-7-21(29(31)35)17-20-5-3-2-4-6-20)15-16-34(28(31)30(36)37)41(38,39)26-13-11-25(12-14-26)40-19-22-8-10-24(32)18-27(22)33/h2-6,8-14,17-18,28H,7,15-16,19H2,1H3,(H,36,37)/b21-17-. The first kappa shape index (κ1) is 29.1. The number of sulfonamides is 1. The maximum absolute atomic E-state index is 13.9. The van der Waals surface area contributed by atoms with E-state index in [4.69, 9.17) is 27.9 Å². The first-order valence-electron chi connectivity index (χ1n) is 12.9. The molecule has 2 aliphatic rings. The van der Waals surface area contributed by atoms with Crippen molar-refractivity contribution < 1.29 is 27.9 Å². The van der Waals surface area contributed by atoms with E-state index < -0.39 is 27.4 Å². The summed E-state index contributed by atoms with van der Waals surface area (Å²) < 4.78 is 34.3. The molecule has 1 aliphatic carbocycles. The Morgan fingerprint density at radius 3 is 2.46 bits per heavy atom. The van der Waals surface area contributed by atoms with E-state index in [-0.39, 0.29) is 30.3 Å². The van der Waals surface area contributed by atoms with E-state index in [0.29, 0.717) is 38.9 Å². The number of allylic oxidation sites excluding steroid dienone is 2. The molecule has 1 saturated heterocycles. The predicted octanol–water partition coefficient (Wildman–Crippen LogP) is 6.41. The van der Waals surface area contributed by atoms with Crippen LogP contribution in [0.4, 0.5) is 0 Å². The molecule has 7 nitrogen and oxygen atoms in total. The van der Waals surface area contributed by atoms with Gasteiger partial charge in [-0.05, 0) is 67.8 Å². The van der Waals surface area contributed by atoms with Gasteiger partial charge in [-0.25, -0.2) is 8.42 Å². The second-order valence-corrected chi connectivity index (χ2v) is 12.9. The van der Waals surface area contributed by atoms with Crippen molar-refractivity contribution in [2.24, 2.45) is 5.41 Å². The van der Waals surface area contributed by atoms with E-state index in [1.807, 2.05) is 36.4 Å². The fourth-order valence-corrected chi connectivity index (χ4v) is 7.60. The third kappa shape index (κ3) is 5.57. The number of aliphatic carboxylic acids is 1. The zero-order chi connectivity index (χ0) is 29.4. The Morgan fingerprint density at radius 2 is 1.80 bits per heavy atom. The van der Waals surface area contributed by atoms with Crippen LogP contribution in [0.15, 0.2) is 94.9 Å². The average molecular weight is 613 g/mol. The van der Waals surface area contributed by atoms with E-state index in [0.717, 1.165) is 9.87 Å². The van der Waals surface area contributed by atoms with Crippen LogP contribution in [0.2, 0.25) is 10.0 Å². The van der Waals surface area contributed by atoms with Crippen molar-refractivity contribution in [3.63, 3.8) is 0 Å². The molecular weight excluding hydrogens is 585 g/mol. The first-order chi connectivity index (χ1) is 19.5. The van der Waals surface area contributed by atoms with E-state index in [9.17, 15) is 23.1 Å². The molecule has 2 atom stereocenters. The number of carboxylic acids is 1. The minimum Gasteiger partial charge on any atom is -0.489 e. The number of Topliss-reactive ketones (excluding diaryl/α,β-unsaturated/α-hetero) is 1. The van der Waals surface area contributed by atoms with Crippen molar-refractivity contribution in [2.75, 3.05) is 6.54 Å². The van der Waals surface area contributed by atoms with Gasteiger partial charge < -0.3 is 9.84 Å². The molecule has 3 aromatic rings. The maximum atomic E-state index is 13.9. The number of nitrogens with zero attached hydrogens (tertiary/aromatic N) is 1. The van der Waals surface area contributed by atoms with Crippen LogP contribution in [0.25, 0.3) is 6.08 Å². The fourth-order valence-electron chi connectivity index (χ4n) is 5.47. The largest absolute Gasteiger partial charge is 0.489 e. The summed E-state index contributed by atoms with van der Waals surface area (Å²) in [5.74, 6) is -1.36. The summed E-state index contributed by atoms with van der Waals surface area (Å²) in [6.07, 6.45) is 4.23. The molecule has 1 heterocycles. The van der Waals surface area contributed by atoms with E-state index in [1.54, 1.807) is 31.2 Å². The number of piperidine rings is 1. The molecule has 0 aromatic heterocycles. The Balaban J connectivity index is 1.41. The predicted molar refractivity (Wildman–Crippen MR) is 157 cm³/mol. The lowest BCUT2D eigenvalue weighted by molar-refractivity contribution is -0.149. The van der Waals surface area contributed by atoms with Crippen LogP contribution in [0.5, 0.6) is 5.75 Å². The Labute approximate surface area is 248 Å². The molecule has 10 heteroatoms. The SMILES string of the molecule is CC12C(=O)/C(=C\c3ccccc3)CC=C1CCN(S(=O)(=O)c1ccc(OCc3ccc(Cl)cc3Cl)cc1)C2C(=O)O. The van der Waals surface area contributed by atoms with Gasteiger partial charge in [0.1, 0.15) is 18.4 Å². The Morgan fingerprint density at radius 1 is 1.10 bits per heavy atom. The van der Waals surface area contributed by atoms with Crippen LogP contribution in [0, 0.1) is 5.41 Å². The number of benzene rings is 3. The highest BCUT2D eigenvalue weighted by Crippen LogP contribution is 2.48. The molecule has 1 aliphatic heterocycles. The number of carbonyl (C=O) groups is 2. The van der Waals surface area contributed by atoms with Gasteiger partial charge in [0.05, 0.1) is 10.3 Å². The molecule has 0 radical (unpaired) electrons. The highest BCUT2D eigenvalue weighted by Gasteiger charge is 2.57. The second-order valence-electron chi connectivity index (χ2n) is 10.1. The number of carboxylic acid groups (broad SMARTS) is 1. The van der Waals surface area contributed by atoms with Gasteiger partial charge in [-0.15, -0.1) is 0 Å². The van der Waals surface area contributed by atoms with Gasteiger partial charge in [0.15, 0.2) is 5.78 Å². The smallest absolute Gasteiger partial charge is 0.323 e.